The summed E-state index contributed by atoms with van der Waals surface area (Å²) in [5, 5.41) is 0. The van der Waals surface area contributed by atoms with E-state index in [1.54, 1.807) is 0 Å². The molecule has 1 aromatic heterocycles. The molecule has 0 aliphatic rings. The molecule has 20 heavy (non-hydrogen) atoms. The first kappa shape index (κ1) is 16.6. The maximum atomic E-state index is 12.2. The Hall–Kier alpha value is -1.49. The van der Waals surface area contributed by atoms with Gasteiger partial charge in [0.05, 0.1) is 12.6 Å². The second-order valence-corrected chi connectivity index (χ2v) is 5.94. The normalized spacial score (nSPS) is 13.4. The number of aromatic nitrogens is 2. The van der Waals surface area contributed by atoms with Crippen LogP contribution in [0.2, 0.25) is 0 Å². The summed E-state index contributed by atoms with van der Waals surface area (Å²) in [6, 6.07) is -0.660. The molecule has 114 valence electrons. The minimum atomic E-state index is -4.09. The number of sulfonamides is 1. The number of hydrogen-bond donors (Lipinski definition) is 2. The number of nitrogens with two attached hydrogens (primary N) is 1. The molecule has 0 fully saturated rings. The van der Waals surface area contributed by atoms with E-state index in [0.29, 0.717) is 0 Å². The van der Waals surface area contributed by atoms with Crippen molar-refractivity contribution in [1.29, 1.82) is 0 Å². The van der Waals surface area contributed by atoms with Crippen molar-refractivity contribution in [1.82, 2.24) is 13.9 Å². The zero-order chi connectivity index (χ0) is 15.5. The standard InChI is InChI=1S/C10H18N4O5S/c1-13-5-8(9(15)14(2)10(13)16)20(17,18)12-7(4-11)6-19-3/h5,7,12H,4,6,11H2,1-3H3. The number of rotatable bonds is 6. The first-order chi connectivity index (χ1) is 9.24. The summed E-state index contributed by atoms with van der Waals surface area (Å²) >= 11 is 0. The molecule has 0 aliphatic heterocycles. The fourth-order valence-corrected chi connectivity index (χ4v) is 2.99. The highest BCUT2D eigenvalue weighted by Crippen LogP contribution is 2.01. The monoisotopic (exact) mass is 306 g/mol. The van der Waals surface area contributed by atoms with E-state index in [1.807, 2.05) is 0 Å². The van der Waals surface area contributed by atoms with Gasteiger partial charge in [0.15, 0.2) is 4.90 Å². The van der Waals surface area contributed by atoms with Crippen LogP contribution in [0.4, 0.5) is 0 Å². The van der Waals surface area contributed by atoms with Crippen LogP contribution < -0.4 is 21.7 Å². The second kappa shape index (κ2) is 6.31. The Balaban J connectivity index is 3.30. The van der Waals surface area contributed by atoms with Crippen LogP contribution in [0.25, 0.3) is 0 Å². The average molecular weight is 306 g/mol. The summed E-state index contributed by atoms with van der Waals surface area (Å²) in [6.45, 7) is 0.0843. The number of aryl methyl sites for hydroxylation is 1. The molecule has 10 heteroatoms. The zero-order valence-electron chi connectivity index (χ0n) is 11.5. The van der Waals surface area contributed by atoms with Crippen LogP contribution >= 0.6 is 0 Å². The summed E-state index contributed by atoms with van der Waals surface area (Å²) < 4.78 is 33.2. The van der Waals surface area contributed by atoms with Gasteiger partial charge in [0, 0.05) is 33.9 Å². The number of ether oxygens (including phenoxy) is 1. The van der Waals surface area contributed by atoms with E-state index >= 15 is 0 Å². The molecule has 1 rings (SSSR count). The second-order valence-electron chi connectivity index (χ2n) is 4.26. The fraction of sp³-hybridized carbons (Fsp3) is 0.600. The van der Waals surface area contributed by atoms with Gasteiger partial charge in [-0.25, -0.2) is 17.9 Å². The molecule has 1 atom stereocenters. The molecule has 0 amide bonds. The van der Waals surface area contributed by atoms with Gasteiger partial charge in [-0.05, 0) is 0 Å². The first-order valence-corrected chi connectivity index (χ1v) is 7.21. The lowest BCUT2D eigenvalue weighted by molar-refractivity contribution is 0.177. The lowest BCUT2D eigenvalue weighted by atomic mass is 10.3. The van der Waals surface area contributed by atoms with E-state index in [0.717, 1.165) is 15.3 Å². The van der Waals surface area contributed by atoms with Crippen LogP contribution in [0.5, 0.6) is 0 Å². The molecular formula is C10H18N4O5S. The molecule has 9 nitrogen and oxygen atoms in total. The summed E-state index contributed by atoms with van der Waals surface area (Å²) in [5.74, 6) is 0. The topological polar surface area (TPSA) is 125 Å². The maximum Gasteiger partial charge on any atom is 0.330 e. The van der Waals surface area contributed by atoms with Crippen molar-refractivity contribution in [3.05, 3.63) is 27.0 Å². The highest BCUT2D eigenvalue weighted by Gasteiger charge is 2.24. The third-order valence-corrected chi connectivity index (χ3v) is 4.18. The summed E-state index contributed by atoms with van der Waals surface area (Å²) in [5.41, 5.74) is 3.92. The van der Waals surface area contributed by atoms with Crippen molar-refractivity contribution in [3.8, 4) is 0 Å². The van der Waals surface area contributed by atoms with Crippen molar-refractivity contribution in [2.45, 2.75) is 10.9 Å². The molecule has 0 aromatic carbocycles. The van der Waals surface area contributed by atoms with Crippen molar-refractivity contribution < 1.29 is 13.2 Å². The third-order valence-electron chi connectivity index (χ3n) is 2.68. The van der Waals surface area contributed by atoms with Gasteiger partial charge in [0.1, 0.15) is 0 Å². The molecule has 0 saturated heterocycles. The molecule has 1 heterocycles. The summed E-state index contributed by atoms with van der Waals surface area (Å²) in [6.07, 6.45) is 0.980. The highest BCUT2D eigenvalue weighted by atomic mass is 32.2. The largest absolute Gasteiger partial charge is 0.383 e. The van der Waals surface area contributed by atoms with E-state index in [1.165, 1.54) is 21.2 Å². The van der Waals surface area contributed by atoms with Gasteiger partial charge < -0.3 is 15.0 Å². The first-order valence-electron chi connectivity index (χ1n) is 5.72. The molecular weight excluding hydrogens is 288 g/mol. The van der Waals surface area contributed by atoms with Gasteiger partial charge in [-0.2, -0.15) is 0 Å². The summed E-state index contributed by atoms with van der Waals surface area (Å²) in [4.78, 5) is 22.9. The van der Waals surface area contributed by atoms with Crippen LogP contribution in [-0.4, -0.2) is 43.9 Å². The minimum absolute atomic E-state index is 0.0130. The van der Waals surface area contributed by atoms with E-state index in [2.05, 4.69) is 4.72 Å². The molecule has 0 spiro atoms. The van der Waals surface area contributed by atoms with Crippen LogP contribution in [0, 0.1) is 0 Å². The molecule has 1 aromatic rings. The van der Waals surface area contributed by atoms with Gasteiger partial charge >= 0.3 is 5.69 Å². The van der Waals surface area contributed by atoms with Crippen LogP contribution in [0.15, 0.2) is 20.7 Å². The predicted octanol–water partition coefficient (Wildman–Crippen LogP) is -2.66. The maximum absolute atomic E-state index is 12.2. The minimum Gasteiger partial charge on any atom is -0.383 e. The molecule has 1 unspecified atom stereocenters. The van der Waals surface area contributed by atoms with Crippen LogP contribution in [0.1, 0.15) is 0 Å². The SMILES string of the molecule is COCC(CN)NS(=O)(=O)c1cn(C)c(=O)n(C)c1=O. The lowest BCUT2D eigenvalue weighted by Crippen LogP contribution is -2.46. The van der Waals surface area contributed by atoms with E-state index in [4.69, 9.17) is 10.5 Å². The van der Waals surface area contributed by atoms with Crippen molar-refractivity contribution in [2.75, 3.05) is 20.3 Å². The number of nitrogens with one attached hydrogen (secondary N) is 1. The van der Waals surface area contributed by atoms with Crippen LogP contribution in [-0.2, 0) is 28.9 Å². The van der Waals surface area contributed by atoms with Gasteiger partial charge in [-0.3, -0.25) is 9.36 Å². The van der Waals surface area contributed by atoms with Gasteiger partial charge in [-0.15, -0.1) is 0 Å². The van der Waals surface area contributed by atoms with E-state index < -0.39 is 32.2 Å². The molecule has 0 radical (unpaired) electrons. The van der Waals surface area contributed by atoms with E-state index in [9.17, 15) is 18.0 Å². The average Bonchev–Trinajstić information content (AvgIpc) is 2.39. The Bertz CT molecular complexity index is 691. The van der Waals surface area contributed by atoms with Crippen molar-refractivity contribution >= 4 is 10.0 Å². The van der Waals surface area contributed by atoms with Crippen molar-refractivity contribution in [3.63, 3.8) is 0 Å². The molecule has 0 bridgehead atoms. The fourth-order valence-electron chi connectivity index (χ4n) is 1.59. The third kappa shape index (κ3) is 3.33. The highest BCUT2D eigenvalue weighted by molar-refractivity contribution is 7.89. The molecule has 0 saturated carbocycles. The quantitative estimate of drug-likeness (QED) is 0.590. The zero-order valence-corrected chi connectivity index (χ0v) is 12.3. The Morgan fingerprint density at radius 3 is 2.50 bits per heavy atom. The Kier molecular flexibility index (Phi) is 5.22. The Morgan fingerprint density at radius 2 is 2.00 bits per heavy atom. The Morgan fingerprint density at radius 1 is 1.40 bits per heavy atom. The Labute approximate surface area is 116 Å². The van der Waals surface area contributed by atoms with E-state index in [-0.39, 0.29) is 13.2 Å². The van der Waals surface area contributed by atoms with Crippen LogP contribution in [0.3, 0.4) is 0 Å². The van der Waals surface area contributed by atoms with Gasteiger partial charge in [-0.1, -0.05) is 0 Å². The number of nitrogens with zero attached hydrogens (tertiary/aromatic N) is 2. The van der Waals surface area contributed by atoms with Gasteiger partial charge in [0.25, 0.3) is 5.56 Å². The molecule has 0 aliphatic carbocycles. The predicted molar refractivity (Wildman–Crippen MR) is 72.0 cm³/mol. The lowest BCUT2D eigenvalue weighted by Gasteiger charge is -2.16. The molecule has 3 N–H and O–H groups in total. The van der Waals surface area contributed by atoms with Crippen molar-refractivity contribution in [2.24, 2.45) is 19.8 Å². The summed E-state index contributed by atoms with van der Waals surface area (Å²) in [7, 11) is -0.119. The number of methoxy groups -OCH3 is 1. The number of hydrogen-bond acceptors (Lipinski definition) is 6. The smallest absolute Gasteiger partial charge is 0.330 e. The van der Waals surface area contributed by atoms with Gasteiger partial charge in [0.2, 0.25) is 10.0 Å².